The van der Waals surface area contributed by atoms with E-state index in [0.29, 0.717) is 18.5 Å². The molecule has 1 fully saturated rings. The summed E-state index contributed by atoms with van der Waals surface area (Å²) in [6.45, 7) is 0.136. The van der Waals surface area contributed by atoms with Gasteiger partial charge in [0.05, 0.1) is 9.82 Å². The molecule has 33 heavy (non-hydrogen) atoms. The van der Waals surface area contributed by atoms with Gasteiger partial charge < -0.3 is 5.32 Å². The van der Waals surface area contributed by atoms with Gasteiger partial charge in [-0.2, -0.15) is 4.31 Å². The summed E-state index contributed by atoms with van der Waals surface area (Å²) in [5, 5.41) is 13.9. The maximum absolute atomic E-state index is 13.3. The SMILES string of the molecule is O=C(Nc1ccccc1-c1ccccc1)C1CCCN1S(=O)(=O)c1ccc(Cl)c([N+](=O)[O-])c1. The number of amides is 1. The third-order valence-electron chi connectivity index (χ3n) is 5.50. The lowest BCUT2D eigenvalue weighted by atomic mass is 10.0. The van der Waals surface area contributed by atoms with Crippen molar-refractivity contribution in [3.63, 3.8) is 0 Å². The lowest BCUT2D eigenvalue weighted by Crippen LogP contribution is -2.43. The number of benzene rings is 3. The van der Waals surface area contributed by atoms with Crippen LogP contribution in [0.1, 0.15) is 12.8 Å². The molecule has 3 aromatic rings. The number of anilines is 1. The Hall–Kier alpha value is -3.27. The third-order valence-corrected chi connectivity index (χ3v) is 7.72. The van der Waals surface area contributed by atoms with E-state index in [9.17, 15) is 23.3 Å². The number of nitrogens with one attached hydrogen (secondary N) is 1. The number of sulfonamides is 1. The molecular formula is C23H20ClN3O5S. The third kappa shape index (κ3) is 4.61. The normalized spacial score (nSPS) is 16.5. The highest BCUT2D eigenvalue weighted by atomic mass is 35.5. The molecule has 1 amide bonds. The molecule has 1 N–H and O–H groups in total. The minimum absolute atomic E-state index is 0.136. The predicted octanol–water partition coefficient (Wildman–Crippen LogP) is 4.71. The maximum atomic E-state index is 13.3. The van der Waals surface area contributed by atoms with Crippen LogP contribution >= 0.6 is 11.6 Å². The fraction of sp³-hybridized carbons (Fsp3) is 0.174. The number of halogens is 1. The van der Waals surface area contributed by atoms with E-state index in [1.807, 2.05) is 42.5 Å². The molecule has 0 spiro atoms. The van der Waals surface area contributed by atoms with Crippen LogP contribution in [0.4, 0.5) is 11.4 Å². The van der Waals surface area contributed by atoms with Crippen molar-refractivity contribution in [3.05, 3.63) is 87.9 Å². The van der Waals surface area contributed by atoms with E-state index in [0.717, 1.165) is 21.5 Å². The molecule has 1 saturated heterocycles. The first-order chi connectivity index (χ1) is 15.8. The zero-order chi connectivity index (χ0) is 23.6. The summed E-state index contributed by atoms with van der Waals surface area (Å²) >= 11 is 5.82. The highest BCUT2D eigenvalue weighted by molar-refractivity contribution is 7.89. The number of nitro groups is 1. The first-order valence-corrected chi connectivity index (χ1v) is 12.0. The van der Waals surface area contributed by atoms with Crippen molar-refractivity contribution in [3.8, 4) is 11.1 Å². The average Bonchev–Trinajstić information content (AvgIpc) is 3.31. The molecule has 0 aliphatic carbocycles. The molecule has 1 aliphatic heterocycles. The molecule has 0 radical (unpaired) electrons. The molecule has 1 unspecified atom stereocenters. The molecule has 1 aliphatic rings. The van der Waals surface area contributed by atoms with Crippen LogP contribution in [-0.4, -0.2) is 36.1 Å². The molecule has 0 saturated carbocycles. The van der Waals surface area contributed by atoms with Crippen molar-refractivity contribution in [2.75, 3.05) is 11.9 Å². The Kier molecular flexibility index (Phi) is 6.46. The number of nitrogens with zero attached hydrogens (tertiary/aromatic N) is 2. The Balaban J connectivity index is 1.62. The summed E-state index contributed by atoms with van der Waals surface area (Å²) < 4.78 is 27.6. The summed E-state index contributed by atoms with van der Waals surface area (Å²) in [5.41, 5.74) is 1.79. The number of hydrogen-bond donors (Lipinski definition) is 1. The van der Waals surface area contributed by atoms with Crippen molar-refractivity contribution in [1.29, 1.82) is 0 Å². The van der Waals surface area contributed by atoms with Gasteiger partial charge in [0.2, 0.25) is 15.9 Å². The molecule has 3 aromatic carbocycles. The Morgan fingerprint density at radius 3 is 2.48 bits per heavy atom. The van der Waals surface area contributed by atoms with Crippen molar-refractivity contribution >= 4 is 38.9 Å². The minimum Gasteiger partial charge on any atom is -0.324 e. The highest BCUT2D eigenvalue weighted by Crippen LogP contribution is 2.33. The zero-order valence-electron chi connectivity index (χ0n) is 17.3. The van der Waals surface area contributed by atoms with E-state index in [2.05, 4.69) is 5.32 Å². The van der Waals surface area contributed by atoms with Gasteiger partial charge >= 0.3 is 0 Å². The molecule has 10 heteroatoms. The number of para-hydroxylation sites is 1. The summed E-state index contributed by atoms with van der Waals surface area (Å²) in [7, 11) is -4.15. The monoisotopic (exact) mass is 485 g/mol. The average molecular weight is 486 g/mol. The van der Waals surface area contributed by atoms with Crippen LogP contribution in [0.5, 0.6) is 0 Å². The van der Waals surface area contributed by atoms with Crippen LogP contribution in [-0.2, 0) is 14.8 Å². The Morgan fingerprint density at radius 2 is 1.76 bits per heavy atom. The van der Waals surface area contributed by atoms with Gasteiger partial charge in [-0.05, 0) is 36.6 Å². The zero-order valence-corrected chi connectivity index (χ0v) is 18.9. The van der Waals surface area contributed by atoms with Crippen LogP contribution in [0.3, 0.4) is 0 Å². The van der Waals surface area contributed by atoms with E-state index in [1.54, 1.807) is 12.1 Å². The van der Waals surface area contributed by atoms with Gasteiger partial charge in [-0.25, -0.2) is 8.42 Å². The second-order valence-electron chi connectivity index (χ2n) is 7.54. The molecular weight excluding hydrogens is 466 g/mol. The lowest BCUT2D eigenvalue weighted by molar-refractivity contribution is -0.384. The summed E-state index contributed by atoms with van der Waals surface area (Å²) in [6, 6.07) is 19.2. The second kappa shape index (κ2) is 9.30. The Bertz CT molecular complexity index is 1310. The molecule has 0 aromatic heterocycles. The van der Waals surface area contributed by atoms with Crippen LogP contribution in [0.25, 0.3) is 11.1 Å². The maximum Gasteiger partial charge on any atom is 0.289 e. The number of nitro benzene ring substituents is 1. The van der Waals surface area contributed by atoms with Gasteiger partial charge in [-0.1, -0.05) is 60.1 Å². The second-order valence-corrected chi connectivity index (χ2v) is 9.84. The number of hydrogen-bond acceptors (Lipinski definition) is 5. The molecule has 170 valence electrons. The number of carbonyl (C=O) groups excluding carboxylic acids is 1. The summed E-state index contributed by atoms with van der Waals surface area (Å²) in [6.07, 6.45) is 0.835. The fourth-order valence-corrected chi connectivity index (χ4v) is 5.76. The lowest BCUT2D eigenvalue weighted by Gasteiger charge is -2.24. The topological polar surface area (TPSA) is 110 Å². The Morgan fingerprint density at radius 1 is 1.06 bits per heavy atom. The van der Waals surface area contributed by atoms with Crippen molar-refractivity contribution in [2.24, 2.45) is 0 Å². The quantitative estimate of drug-likeness (QED) is 0.401. The number of carbonyl (C=O) groups is 1. The van der Waals surface area contributed by atoms with Crippen LogP contribution in [0.15, 0.2) is 77.7 Å². The van der Waals surface area contributed by atoms with Gasteiger partial charge in [0.25, 0.3) is 5.69 Å². The van der Waals surface area contributed by atoms with Crippen LogP contribution in [0.2, 0.25) is 5.02 Å². The van der Waals surface area contributed by atoms with E-state index in [-0.39, 0.29) is 16.5 Å². The first kappa shape index (κ1) is 22.9. The van der Waals surface area contributed by atoms with Crippen LogP contribution in [0, 0.1) is 10.1 Å². The highest BCUT2D eigenvalue weighted by Gasteiger charge is 2.40. The van der Waals surface area contributed by atoms with Crippen molar-refractivity contribution < 1.29 is 18.1 Å². The molecule has 4 rings (SSSR count). The molecule has 0 bridgehead atoms. The smallest absolute Gasteiger partial charge is 0.289 e. The molecule has 1 heterocycles. The van der Waals surface area contributed by atoms with E-state index in [4.69, 9.17) is 11.6 Å². The van der Waals surface area contributed by atoms with Crippen LogP contribution < -0.4 is 5.32 Å². The van der Waals surface area contributed by atoms with Gasteiger partial charge in [-0.3, -0.25) is 14.9 Å². The van der Waals surface area contributed by atoms with Gasteiger partial charge in [0.1, 0.15) is 11.1 Å². The predicted molar refractivity (Wildman–Crippen MR) is 126 cm³/mol. The van der Waals surface area contributed by atoms with Gasteiger partial charge in [0.15, 0.2) is 0 Å². The standard InChI is InChI=1S/C23H20ClN3O5S/c24-19-13-12-17(15-22(19)27(29)30)33(31,32)26-14-6-11-21(26)23(28)25-20-10-5-4-9-18(20)16-7-2-1-3-8-16/h1-5,7-10,12-13,15,21H,6,11,14H2,(H,25,28). The van der Waals surface area contributed by atoms with Crippen molar-refractivity contribution in [2.45, 2.75) is 23.8 Å². The van der Waals surface area contributed by atoms with E-state index < -0.39 is 32.6 Å². The largest absolute Gasteiger partial charge is 0.324 e. The first-order valence-electron chi connectivity index (χ1n) is 10.2. The minimum atomic E-state index is -4.15. The fourth-order valence-electron chi connectivity index (χ4n) is 3.90. The van der Waals surface area contributed by atoms with Gasteiger partial charge in [-0.15, -0.1) is 0 Å². The molecule has 1 atom stereocenters. The van der Waals surface area contributed by atoms with Gasteiger partial charge in [0, 0.05) is 23.9 Å². The van der Waals surface area contributed by atoms with E-state index >= 15 is 0 Å². The Labute approximate surface area is 196 Å². The number of rotatable bonds is 6. The van der Waals surface area contributed by atoms with Crippen molar-refractivity contribution in [1.82, 2.24) is 4.31 Å². The summed E-state index contributed by atoms with van der Waals surface area (Å²) in [5.74, 6) is -0.456. The van der Waals surface area contributed by atoms with E-state index in [1.165, 1.54) is 12.1 Å². The summed E-state index contributed by atoms with van der Waals surface area (Å²) in [4.78, 5) is 23.3. The molecule has 8 nitrogen and oxygen atoms in total.